The third-order valence-corrected chi connectivity index (χ3v) is 2.87. The van der Waals surface area contributed by atoms with Crippen molar-refractivity contribution in [3.05, 3.63) is 63.0 Å². The Labute approximate surface area is 118 Å². The first kappa shape index (κ1) is 13.8. The van der Waals surface area contributed by atoms with E-state index < -0.39 is 17.2 Å². The van der Waals surface area contributed by atoms with Crippen LogP contribution in [0.2, 0.25) is 5.02 Å². The Morgan fingerprint density at radius 1 is 1.20 bits per heavy atom. The second-order valence-corrected chi connectivity index (χ2v) is 4.34. The lowest BCUT2D eigenvalue weighted by Gasteiger charge is -2.06. The largest absolute Gasteiger partial charge is 0.367 e. The summed E-state index contributed by atoms with van der Waals surface area (Å²) >= 11 is 5.87. The number of aromatic amines is 1. The van der Waals surface area contributed by atoms with E-state index in [2.05, 4.69) is 10.3 Å². The van der Waals surface area contributed by atoms with E-state index in [4.69, 9.17) is 17.3 Å². The normalized spacial score (nSPS) is 10.1. The van der Waals surface area contributed by atoms with Crippen LogP contribution in [0.4, 0.5) is 5.69 Å². The van der Waals surface area contributed by atoms with Gasteiger partial charge in [0.15, 0.2) is 5.43 Å². The Kier molecular flexibility index (Phi) is 3.86. The van der Waals surface area contributed by atoms with Crippen LogP contribution in [0.15, 0.2) is 41.5 Å². The lowest BCUT2D eigenvalue weighted by molar-refractivity contribution is 0.0998. The maximum absolute atomic E-state index is 11.9. The number of primary amides is 1. The Balaban J connectivity index is 2.25. The molecule has 6 nitrogen and oxygen atoms in total. The Bertz CT molecular complexity index is 740. The molecule has 102 valence electrons. The van der Waals surface area contributed by atoms with Crippen molar-refractivity contribution >= 4 is 29.1 Å². The van der Waals surface area contributed by atoms with Crippen LogP contribution in [0.1, 0.15) is 20.7 Å². The molecule has 1 aromatic heterocycles. The number of H-pyrrole nitrogens is 1. The van der Waals surface area contributed by atoms with Crippen molar-refractivity contribution < 1.29 is 9.59 Å². The lowest BCUT2D eigenvalue weighted by atomic mass is 10.2. The molecule has 0 spiro atoms. The minimum atomic E-state index is -0.660. The molecule has 20 heavy (non-hydrogen) atoms. The molecule has 2 rings (SSSR count). The first-order valence-electron chi connectivity index (χ1n) is 5.57. The van der Waals surface area contributed by atoms with Gasteiger partial charge in [0, 0.05) is 24.1 Å². The molecule has 2 aromatic rings. The van der Waals surface area contributed by atoms with Crippen molar-refractivity contribution in [2.45, 2.75) is 0 Å². The molecule has 2 amide bonds. The molecule has 0 aliphatic heterocycles. The number of amides is 2. The molecule has 0 saturated heterocycles. The van der Waals surface area contributed by atoms with E-state index in [-0.39, 0.29) is 16.1 Å². The van der Waals surface area contributed by atoms with Crippen molar-refractivity contribution in [2.75, 3.05) is 5.32 Å². The summed E-state index contributed by atoms with van der Waals surface area (Å²) in [7, 11) is 0. The highest BCUT2D eigenvalue weighted by Crippen LogP contribution is 2.20. The van der Waals surface area contributed by atoms with E-state index in [9.17, 15) is 14.4 Å². The number of rotatable bonds is 3. The van der Waals surface area contributed by atoms with Gasteiger partial charge in [-0.1, -0.05) is 11.6 Å². The van der Waals surface area contributed by atoms with Gasteiger partial charge in [-0.2, -0.15) is 0 Å². The third-order valence-electron chi connectivity index (χ3n) is 2.56. The molecule has 7 heteroatoms. The molecule has 0 aliphatic carbocycles. The Hall–Kier alpha value is -2.60. The minimum absolute atomic E-state index is 0.0254. The van der Waals surface area contributed by atoms with Gasteiger partial charge < -0.3 is 16.0 Å². The number of anilines is 1. The van der Waals surface area contributed by atoms with Gasteiger partial charge in [-0.3, -0.25) is 14.4 Å². The van der Waals surface area contributed by atoms with Crippen LogP contribution in [-0.4, -0.2) is 16.8 Å². The maximum Gasteiger partial charge on any atom is 0.261 e. The monoisotopic (exact) mass is 291 g/mol. The molecule has 0 bridgehead atoms. The number of halogens is 1. The number of carbonyl (C=O) groups is 2. The van der Waals surface area contributed by atoms with Gasteiger partial charge in [0.05, 0.1) is 10.6 Å². The van der Waals surface area contributed by atoms with Crippen LogP contribution in [0.3, 0.4) is 0 Å². The van der Waals surface area contributed by atoms with Gasteiger partial charge in [-0.25, -0.2) is 0 Å². The van der Waals surface area contributed by atoms with Crippen LogP contribution in [0.25, 0.3) is 0 Å². The van der Waals surface area contributed by atoms with E-state index in [0.717, 1.165) is 0 Å². The van der Waals surface area contributed by atoms with Crippen LogP contribution >= 0.6 is 11.6 Å². The Morgan fingerprint density at radius 2 is 1.95 bits per heavy atom. The minimum Gasteiger partial charge on any atom is -0.367 e. The van der Waals surface area contributed by atoms with Crippen molar-refractivity contribution in [3.8, 4) is 0 Å². The smallest absolute Gasteiger partial charge is 0.261 e. The number of nitrogens with one attached hydrogen (secondary N) is 2. The fourth-order valence-corrected chi connectivity index (χ4v) is 1.86. The molecular formula is C13H10ClN3O3. The fraction of sp³-hybridized carbons (Fsp3) is 0. The molecule has 1 heterocycles. The standard InChI is InChI=1S/C13H10ClN3O3/c14-10-5-7(1-2-8(10)12(15)19)17-13(20)9-6-16-4-3-11(9)18/h1-6H,(H2,15,19)(H,16,18)(H,17,20). The van der Waals surface area contributed by atoms with E-state index in [1.54, 1.807) is 0 Å². The van der Waals surface area contributed by atoms with Crippen molar-refractivity contribution in [1.82, 2.24) is 4.98 Å². The van der Waals surface area contributed by atoms with Gasteiger partial charge >= 0.3 is 0 Å². The van der Waals surface area contributed by atoms with Crippen LogP contribution in [0.5, 0.6) is 0 Å². The van der Waals surface area contributed by atoms with Gasteiger partial charge in [-0.15, -0.1) is 0 Å². The van der Waals surface area contributed by atoms with Crippen LogP contribution < -0.4 is 16.5 Å². The molecule has 0 saturated carbocycles. The number of nitrogens with two attached hydrogens (primary N) is 1. The van der Waals surface area contributed by atoms with E-state index in [0.29, 0.717) is 5.69 Å². The third kappa shape index (κ3) is 2.86. The summed E-state index contributed by atoms with van der Waals surface area (Å²) in [5.74, 6) is -1.23. The average molecular weight is 292 g/mol. The molecule has 0 unspecified atom stereocenters. The summed E-state index contributed by atoms with van der Waals surface area (Å²) in [6, 6.07) is 5.51. The zero-order valence-corrected chi connectivity index (χ0v) is 10.9. The number of aromatic nitrogens is 1. The lowest BCUT2D eigenvalue weighted by Crippen LogP contribution is -2.21. The summed E-state index contributed by atoms with van der Waals surface area (Å²) in [4.78, 5) is 37.1. The van der Waals surface area contributed by atoms with Crippen molar-refractivity contribution in [2.24, 2.45) is 5.73 Å². The molecule has 1 aromatic carbocycles. The number of hydrogen-bond acceptors (Lipinski definition) is 3. The molecule has 0 radical (unpaired) electrons. The summed E-state index contributed by atoms with van der Waals surface area (Å²) in [5, 5.41) is 2.63. The molecular weight excluding hydrogens is 282 g/mol. The van der Waals surface area contributed by atoms with Gasteiger partial charge in [0.2, 0.25) is 5.91 Å². The summed E-state index contributed by atoms with van der Waals surface area (Å²) in [6.45, 7) is 0. The number of hydrogen-bond donors (Lipinski definition) is 3. The second-order valence-electron chi connectivity index (χ2n) is 3.94. The second kappa shape index (κ2) is 5.58. The van der Waals surface area contributed by atoms with E-state index in [1.165, 1.54) is 36.7 Å². The topological polar surface area (TPSA) is 105 Å². The zero-order chi connectivity index (χ0) is 14.7. The predicted molar refractivity (Wildman–Crippen MR) is 75.0 cm³/mol. The molecule has 4 N–H and O–H groups in total. The van der Waals surface area contributed by atoms with E-state index >= 15 is 0 Å². The SMILES string of the molecule is NC(=O)c1ccc(NC(=O)c2c[nH]ccc2=O)cc1Cl. The Morgan fingerprint density at radius 3 is 2.55 bits per heavy atom. The summed E-state index contributed by atoms with van der Waals surface area (Å²) in [6.07, 6.45) is 2.73. The highest BCUT2D eigenvalue weighted by atomic mass is 35.5. The molecule has 0 fully saturated rings. The van der Waals surface area contributed by atoms with Gasteiger partial charge in [0.25, 0.3) is 5.91 Å². The predicted octanol–water partition coefficient (Wildman–Crippen LogP) is 1.38. The highest BCUT2D eigenvalue weighted by molar-refractivity contribution is 6.34. The van der Waals surface area contributed by atoms with Crippen LogP contribution in [0, 0.1) is 0 Å². The molecule has 0 aliphatic rings. The zero-order valence-electron chi connectivity index (χ0n) is 10.1. The average Bonchev–Trinajstić information content (AvgIpc) is 2.38. The first-order chi connectivity index (χ1) is 9.49. The quantitative estimate of drug-likeness (QED) is 0.795. The summed E-state index contributed by atoms with van der Waals surface area (Å²) in [5.41, 5.74) is 5.20. The number of benzene rings is 1. The maximum atomic E-state index is 11.9. The summed E-state index contributed by atoms with van der Waals surface area (Å²) < 4.78 is 0. The van der Waals surface area contributed by atoms with Crippen molar-refractivity contribution in [1.29, 1.82) is 0 Å². The van der Waals surface area contributed by atoms with Gasteiger partial charge in [0.1, 0.15) is 5.56 Å². The van der Waals surface area contributed by atoms with Crippen LogP contribution in [-0.2, 0) is 0 Å². The fourth-order valence-electron chi connectivity index (χ4n) is 1.58. The molecule has 0 atom stereocenters. The van der Waals surface area contributed by atoms with Crippen molar-refractivity contribution in [3.63, 3.8) is 0 Å². The first-order valence-corrected chi connectivity index (χ1v) is 5.94. The van der Waals surface area contributed by atoms with Gasteiger partial charge in [-0.05, 0) is 18.2 Å². The van der Waals surface area contributed by atoms with E-state index in [1.807, 2.05) is 0 Å². The number of carbonyl (C=O) groups excluding carboxylic acids is 2. The highest BCUT2D eigenvalue weighted by Gasteiger charge is 2.12. The number of pyridine rings is 1.